The van der Waals surface area contributed by atoms with Crippen molar-refractivity contribution in [3.63, 3.8) is 0 Å². The zero-order valence-electron chi connectivity index (χ0n) is 12.9. The molecule has 0 amide bonds. The lowest BCUT2D eigenvalue weighted by atomic mass is 9.96. The van der Waals surface area contributed by atoms with Crippen molar-refractivity contribution in [2.24, 2.45) is 0 Å². The van der Waals surface area contributed by atoms with Gasteiger partial charge in [-0.3, -0.25) is 0 Å². The van der Waals surface area contributed by atoms with Gasteiger partial charge in [-0.15, -0.1) is 0 Å². The monoisotopic (exact) mass is 283 g/mol. The third-order valence-electron chi connectivity index (χ3n) is 4.63. The minimum absolute atomic E-state index is 0.544. The molecule has 0 aliphatic heterocycles. The molecular weight excluding hydrogens is 258 g/mol. The fraction of sp³-hybridized carbons (Fsp3) is 0.500. The van der Waals surface area contributed by atoms with Gasteiger partial charge < -0.3 is 10.3 Å². The molecule has 0 atom stereocenters. The van der Waals surface area contributed by atoms with E-state index >= 15 is 0 Å². The van der Waals surface area contributed by atoms with Gasteiger partial charge in [0.15, 0.2) is 0 Å². The van der Waals surface area contributed by atoms with E-state index in [1.807, 2.05) is 6.07 Å². The third kappa shape index (κ3) is 2.82. The van der Waals surface area contributed by atoms with Crippen molar-refractivity contribution in [1.82, 2.24) is 9.55 Å². The van der Waals surface area contributed by atoms with Crippen LogP contribution in [0.3, 0.4) is 0 Å². The molecule has 0 saturated heterocycles. The molecule has 0 radical (unpaired) electrons. The molecule has 1 fully saturated rings. The number of nitrogen functional groups attached to an aromatic ring is 1. The summed E-state index contributed by atoms with van der Waals surface area (Å²) in [5, 5.41) is 0. The Morgan fingerprint density at radius 3 is 2.38 bits per heavy atom. The van der Waals surface area contributed by atoms with Crippen molar-refractivity contribution in [3.8, 4) is 11.4 Å². The van der Waals surface area contributed by atoms with Crippen molar-refractivity contribution < 1.29 is 0 Å². The van der Waals surface area contributed by atoms with Gasteiger partial charge >= 0.3 is 0 Å². The van der Waals surface area contributed by atoms with E-state index in [2.05, 4.69) is 35.8 Å². The van der Waals surface area contributed by atoms with E-state index in [9.17, 15) is 0 Å². The van der Waals surface area contributed by atoms with E-state index in [0.29, 0.717) is 5.92 Å². The molecule has 0 unspecified atom stereocenters. The Morgan fingerprint density at radius 2 is 1.76 bits per heavy atom. The predicted molar refractivity (Wildman–Crippen MR) is 88.2 cm³/mol. The van der Waals surface area contributed by atoms with Crippen LogP contribution in [0.15, 0.2) is 30.3 Å². The lowest BCUT2D eigenvalue weighted by Crippen LogP contribution is -2.06. The fourth-order valence-corrected chi connectivity index (χ4v) is 3.47. The molecule has 1 heterocycles. The van der Waals surface area contributed by atoms with E-state index in [-0.39, 0.29) is 0 Å². The number of imidazole rings is 1. The average Bonchev–Trinajstić information content (AvgIpc) is 2.70. The lowest BCUT2D eigenvalue weighted by molar-refractivity contribution is 0.581. The van der Waals surface area contributed by atoms with Crippen LogP contribution in [0.25, 0.3) is 11.4 Å². The van der Waals surface area contributed by atoms with E-state index in [1.54, 1.807) is 0 Å². The highest BCUT2D eigenvalue weighted by Gasteiger charge is 2.23. The van der Waals surface area contributed by atoms with Crippen LogP contribution in [0.5, 0.6) is 0 Å². The van der Waals surface area contributed by atoms with Crippen molar-refractivity contribution in [1.29, 1.82) is 0 Å². The van der Waals surface area contributed by atoms with Crippen molar-refractivity contribution >= 4 is 5.82 Å². The predicted octanol–water partition coefficient (Wildman–Crippen LogP) is 4.59. The molecule has 3 rings (SSSR count). The number of nitrogens with zero attached hydrogens (tertiary/aromatic N) is 2. The first kappa shape index (κ1) is 14.2. The van der Waals surface area contributed by atoms with Gasteiger partial charge in [0, 0.05) is 18.0 Å². The average molecular weight is 283 g/mol. The second-order valence-electron chi connectivity index (χ2n) is 6.00. The number of aromatic nitrogens is 2. The summed E-state index contributed by atoms with van der Waals surface area (Å²) in [4.78, 5) is 4.95. The Balaban J connectivity index is 2.00. The molecule has 112 valence electrons. The summed E-state index contributed by atoms with van der Waals surface area (Å²) in [6, 6.07) is 10.4. The zero-order chi connectivity index (χ0) is 14.7. The standard InChI is InChI=1S/C18H25N3/c1-2-21-17(19)16(14-10-6-3-4-7-11-14)20-18(21)15-12-8-5-9-13-15/h5,8-9,12-14H,2-4,6-7,10-11,19H2,1H3. The minimum Gasteiger partial charge on any atom is -0.384 e. The van der Waals surface area contributed by atoms with Gasteiger partial charge in [0.25, 0.3) is 0 Å². The highest BCUT2D eigenvalue weighted by atomic mass is 15.1. The number of anilines is 1. The van der Waals surface area contributed by atoms with Crippen molar-refractivity contribution in [2.75, 3.05) is 5.73 Å². The number of hydrogen-bond acceptors (Lipinski definition) is 2. The molecule has 1 saturated carbocycles. The van der Waals surface area contributed by atoms with Crippen LogP contribution in [0.2, 0.25) is 0 Å². The van der Waals surface area contributed by atoms with E-state index in [0.717, 1.165) is 29.4 Å². The molecule has 1 aromatic heterocycles. The molecule has 21 heavy (non-hydrogen) atoms. The molecule has 1 aromatic carbocycles. The Bertz CT molecular complexity index is 578. The van der Waals surface area contributed by atoms with Gasteiger partial charge in [-0.25, -0.2) is 4.98 Å². The summed E-state index contributed by atoms with van der Waals surface area (Å²) in [7, 11) is 0. The molecule has 0 spiro atoms. The van der Waals surface area contributed by atoms with Crippen LogP contribution in [-0.4, -0.2) is 9.55 Å². The second-order valence-corrected chi connectivity index (χ2v) is 6.00. The summed E-state index contributed by atoms with van der Waals surface area (Å²) >= 11 is 0. The first-order valence-corrected chi connectivity index (χ1v) is 8.22. The normalized spacial score (nSPS) is 16.8. The fourth-order valence-electron chi connectivity index (χ4n) is 3.47. The van der Waals surface area contributed by atoms with Crippen LogP contribution >= 0.6 is 0 Å². The third-order valence-corrected chi connectivity index (χ3v) is 4.63. The quantitative estimate of drug-likeness (QED) is 0.837. The van der Waals surface area contributed by atoms with Crippen LogP contribution in [-0.2, 0) is 6.54 Å². The van der Waals surface area contributed by atoms with Gasteiger partial charge in [0.2, 0.25) is 0 Å². The molecular formula is C18H25N3. The summed E-state index contributed by atoms with van der Waals surface area (Å²) in [5.74, 6) is 2.45. The maximum Gasteiger partial charge on any atom is 0.141 e. The molecule has 2 N–H and O–H groups in total. The Labute approximate surface area is 127 Å². The number of rotatable bonds is 3. The Hall–Kier alpha value is -1.77. The Morgan fingerprint density at radius 1 is 1.10 bits per heavy atom. The highest BCUT2D eigenvalue weighted by molar-refractivity contribution is 5.61. The van der Waals surface area contributed by atoms with E-state index in [4.69, 9.17) is 10.7 Å². The summed E-state index contributed by atoms with van der Waals surface area (Å²) in [6.45, 7) is 3.01. The van der Waals surface area contributed by atoms with Crippen LogP contribution in [0.4, 0.5) is 5.82 Å². The molecule has 3 heteroatoms. The number of hydrogen-bond donors (Lipinski definition) is 1. The van der Waals surface area contributed by atoms with Gasteiger partial charge in [0.05, 0.1) is 5.69 Å². The summed E-state index contributed by atoms with van der Waals surface area (Å²) in [6.07, 6.45) is 7.80. The van der Waals surface area contributed by atoms with Gasteiger partial charge in [-0.1, -0.05) is 56.0 Å². The van der Waals surface area contributed by atoms with E-state index in [1.165, 1.54) is 38.5 Å². The Kier molecular flexibility index (Phi) is 4.28. The largest absolute Gasteiger partial charge is 0.384 e. The first-order chi connectivity index (χ1) is 10.3. The first-order valence-electron chi connectivity index (χ1n) is 8.22. The van der Waals surface area contributed by atoms with Crippen LogP contribution in [0, 0.1) is 0 Å². The lowest BCUT2D eigenvalue weighted by Gasteiger charge is -2.12. The molecule has 2 aromatic rings. The number of benzene rings is 1. The van der Waals surface area contributed by atoms with E-state index < -0.39 is 0 Å². The van der Waals surface area contributed by atoms with Crippen molar-refractivity contribution in [3.05, 3.63) is 36.0 Å². The maximum absolute atomic E-state index is 6.43. The molecule has 1 aliphatic rings. The van der Waals surface area contributed by atoms with Gasteiger partial charge in [-0.05, 0) is 19.8 Å². The molecule has 0 bridgehead atoms. The van der Waals surface area contributed by atoms with Crippen LogP contribution < -0.4 is 5.73 Å². The van der Waals surface area contributed by atoms with Gasteiger partial charge in [-0.2, -0.15) is 0 Å². The zero-order valence-corrected chi connectivity index (χ0v) is 12.9. The maximum atomic E-state index is 6.43. The smallest absolute Gasteiger partial charge is 0.141 e. The second kappa shape index (κ2) is 6.33. The highest BCUT2D eigenvalue weighted by Crippen LogP contribution is 2.36. The van der Waals surface area contributed by atoms with Crippen molar-refractivity contribution in [2.45, 2.75) is 57.9 Å². The summed E-state index contributed by atoms with van der Waals surface area (Å²) < 4.78 is 2.16. The van der Waals surface area contributed by atoms with Gasteiger partial charge in [0.1, 0.15) is 11.6 Å². The molecule has 1 aliphatic carbocycles. The molecule has 3 nitrogen and oxygen atoms in total. The topological polar surface area (TPSA) is 43.8 Å². The SMILES string of the molecule is CCn1c(-c2ccccc2)nc(C2CCCCCC2)c1N. The number of nitrogens with two attached hydrogens (primary N) is 1. The van der Waals surface area contributed by atoms with Crippen LogP contribution in [0.1, 0.15) is 57.1 Å². The summed E-state index contributed by atoms with van der Waals surface area (Å²) in [5.41, 5.74) is 8.73. The minimum atomic E-state index is 0.544.